The molecule has 6 heteroatoms. The van der Waals surface area contributed by atoms with Crippen molar-refractivity contribution in [3.63, 3.8) is 0 Å². The molecule has 0 spiro atoms. The van der Waals surface area contributed by atoms with Crippen LogP contribution in [-0.2, 0) is 27.3 Å². The molecule has 0 saturated heterocycles. The Labute approximate surface area is 148 Å². The van der Waals surface area contributed by atoms with Gasteiger partial charge in [0.05, 0.1) is 6.61 Å². The van der Waals surface area contributed by atoms with E-state index in [4.69, 9.17) is 4.74 Å². The van der Waals surface area contributed by atoms with E-state index in [-0.39, 0.29) is 37.0 Å². The first kappa shape index (κ1) is 17.9. The lowest BCUT2D eigenvalue weighted by atomic mass is 9.69. The minimum absolute atomic E-state index is 0.0826. The number of fused-ring (bicyclic) bond motifs is 1. The summed E-state index contributed by atoms with van der Waals surface area (Å²) in [6, 6.07) is 8.14. The topological polar surface area (TPSA) is 78.9 Å². The third-order valence-electron chi connectivity index (χ3n) is 5.35. The van der Waals surface area contributed by atoms with E-state index in [0.29, 0.717) is 19.6 Å². The Morgan fingerprint density at radius 1 is 1.20 bits per heavy atom. The smallest absolute Gasteiger partial charge is 0.248 e. The van der Waals surface area contributed by atoms with Crippen molar-refractivity contribution in [2.24, 2.45) is 5.41 Å². The quantitative estimate of drug-likeness (QED) is 0.768. The van der Waals surface area contributed by atoms with E-state index in [1.54, 1.807) is 4.90 Å². The third-order valence-corrected chi connectivity index (χ3v) is 5.35. The normalized spacial score (nSPS) is 18.2. The molecule has 1 saturated carbocycles. The van der Waals surface area contributed by atoms with Crippen LogP contribution in [0, 0.1) is 5.41 Å². The van der Waals surface area contributed by atoms with Gasteiger partial charge in [0.2, 0.25) is 11.8 Å². The molecule has 136 valence electrons. The first-order valence-electron chi connectivity index (χ1n) is 8.92. The van der Waals surface area contributed by atoms with Crippen LogP contribution in [0.25, 0.3) is 0 Å². The Bertz CT molecular complexity index is 622. The van der Waals surface area contributed by atoms with Gasteiger partial charge in [0.15, 0.2) is 0 Å². The largest absolute Gasteiger partial charge is 0.396 e. The minimum Gasteiger partial charge on any atom is -0.396 e. The number of hydrogen-bond donors (Lipinski definition) is 2. The van der Waals surface area contributed by atoms with E-state index in [1.165, 1.54) is 11.1 Å². The predicted octanol–water partition coefficient (Wildman–Crippen LogP) is 0.867. The summed E-state index contributed by atoms with van der Waals surface area (Å²) in [6.45, 7) is 1.65. The van der Waals surface area contributed by atoms with Crippen LogP contribution >= 0.6 is 0 Å². The molecule has 1 aromatic carbocycles. The molecule has 2 N–H and O–H groups in total. The van der Waals surface area contributed by atoms with Crippen molar-refractivity contribution in [3.05, 3.63) is 35.4 Å². The number of ether oxygens (including phenoxy) is 1. The number of benzene rings is 1. The van der Waals surface area contributed by atoms with Crippen LogP contribution in [0.1, 0.15) is 30.4 Å². The highest BCUT2D eigenvalue weighted by atomic mass is 16.5. The maximum Gasteiger partial charge on any atom is 0.248 e. The first-order chi connectivity index (χ1) is 12.1. The number of carbonyl (C=O) groups excluding carboxylic acids is 2. The highest BCUT2D eigenvalue weighted by Crippen LogP contribution is 2.39. The molecular formula is C19H26N2O4. The molecule has 0 aromatic heterocycles. The molecule has 1 heterocycles. The number of amides is 2. The SMILES string of the molecule is O=C(COCC(=O)N1CCc2ccccc2C1)NCC1(CO)CCC1. The zero-order valence-corrected chi connectivity index (χ0v) is 14.5. The van der Waals surface area contributed by atoms with Crippen LogP contribution in [0.2, 0.25) is 0 Å². The van der Waals surface area contributed by atoms with Gasteiger partial charge in [-0.2, -0.15) is 0 Å². The van der Waals surface area contributed by atoms with Crippen LogP contribution in [0.3, 0.4) is 0 Å². The molecule has 1 aromatic rings. The molecule has 1 aliphatic heterocycles. The van der Waals surface area contributed by atoms with Gasteiger partial charge >= 0.3 is 0 Å². The molecule has 0 atom stereocenters. The van der Waals surface area contributed by atoms with Crippen molar-refractivity contribution in [3.8, 4) is 0 Å². The van der Waals surface area contributed by atoms with E-state index in [9.17, 15) is 14.7 Å². The zero-order valence-electron chi connectivity index (χ0n) is 14.5. The summed E-state index contributed by atoms with van der Waals surface area (Å²) < 4.78 is 5.28. The molecule has 0 bridgehead atoms. The van der Waals surface area contributed by atoms with E-state index >= 15 is 0 Å². The fraction of sp³-hybridized carbons (Fsp3) is 0.579. The second-order valence-corrected chi connectivity index (χ2v) is 7.12. The number of nitrogens with zero attached hydrogens (tertiary/aromatic N) is 1. The standard InChI is InChI=1S/C19H26N2O4/c22-14-19(7-3-8-19)13-20-17(23)11-25-12-18(24)21-9-6-15-4-1-2-5-16(15)10-21/h1-2,4-5,22H,3,6-14H2,(H,20,23). The van der Waals surface area contributed by atoms with E-state index in [0.717, 1.165) is 25.7 Å². The lowest BCUT2D eigenvalue weighted by molar-refractivity contribution is -0.139. The zero-order chi connectivity index (χ0) is 17.7. The van der Waals surface area contributed by atoms with Gasteiger partial charge in [-0.05, 0) is 30.4 Å². The van der Waals surface area contributed by atoms with Gasteiger partial charge in [-0.1, -0.05) is 30.7 Å². The maximum atomic E-state index is 12.2. The summed E-state index contributed by atoms with van der Waals surface area (Å²) in [4.78, 5) is 25.8. The number of hydrogen-bond acceptors (Lipinski definition) is 4. The third kappa shape index (κ3) is 4.38. The number of aliphatic hydroxyl groups is 1. The number of carbonyl (C=O) groups is 2. The van der Waals surface area contributed by atoms with Crippen molar-refractivity contribution in [1.82, 2.24) is 10.2 Å². The summed E-state index contributed by atoms with van der Waals surface area (Å²) in [7, 11) is 0. The van der Waals surface area contributed by atoms with Gasteiger partial charge in [-0.15, -0.1) is 0 Å². The highest BCUT2D eigenvalue weighted by Gasteiger charge is 2.36. The second kappa shape index (κ2) is 7.97. The van der Waals surface area contributed by atoms with Crippen LogP contribution in [-0.4, -0.2) is 54.7 Å². The Hall–Kier alpha value is -1.92. The lowest BCUT2D eigenvalue weighted by Crippen LogP contribution is -2.45. The van der Waals surface area contributed by atoms with Crippen LogP contribution in [0.15, 0.2) is 24.3 Å². The monoisotopic (exact) mass is 346 g/mol. The van der Waals surface area contributed by atoms with Crippen LogP contribution in [0.5, 0.6) is 0 Å². The molecule has 3 rings (SSSR count). The van der Waals surface area contributed by atoms with Crippen molar-refractivity contribution in [2.75, 3.05) is 32.9 Å². The van der Waals surface area contributed by atoms with Crippen molar-refractivity contribution >= 4 is 11.8 Å². The fourth-order valence-corrected chi connectivity index (χ4v) is 3.44. The number of aliphatic hydroxyl groups excluding tert-OH is 1. The summed E-state index contributed by atoms with van der Waals surface area (Å²) in [5, 5.41) is 12.2. The number of rotatable bonds is 7. The van der Waals surface area contributed by atoms with Gasteiger partial charge in [-0.25, -0.2) is 0 Å². The average Bonchev–Trinajstić information content (AvgIpc) is 2.60. The summed E-state index contributed by atoms with van der Waals surface area (Å²) in [6.07, 6.45) is 3.84. The Kier molecular flexibility index (Phi) is 5.71. The first-order valence-corrected chi connectivity index (χ1v) is 8.92. The van der Waals surface area contributed by atoms with Gasteiger partial charge in [0.25, 0.3) is 0 Å². The molecule has 0 radical (unpaired) electrons. The molecule has 6 nitrogen and oxygen atoms in total. The Morgan fingerprint density at radius 3 is 2.64 bits per heavy atom. The summed E-state index contributed by atoms with van der Waals surface area (Å²) >= 11 is 0. The Morgan fingerprint density at radius 2 is 1.96 bits per heavy atom. The molecular weight excluding hydrogens is 320 g/mol. The van der Waals surface area contributed by atoms with Gasteiger partial charge < -0.3 is 20.1 Å². The fourth-order valence-electron chi connectivity index (χ4n) is 3.44. The second-order valence-electron chi connectivity index (χ2n) is 7.12. The van der Waals surface area contributed by atoms with Crippen molar-refractivity contribution < 1.29 is 19.4 Å². The Balaban J connectivity index is 1.36. The van der Waals surface area contributed by atoms with Crippen molar-refractivity contribution in [1.29, 1.82) is 0 Å². The molecule has 1 aliphatic carbocycles. The molecule has 2 amide bonds. The van der Waals surface area contributed by atoms with Gasteiger partial charge in [0.1, 0.15) is 13.2 Å². The molecule has 0 unspecified atom stereocenters. The molecule has 2 aliphatic rings. The molecule has 25 heavy (non-hydrogen) atoms. The van der Waals surface area contributed by atoms with Crippen LogP contribution in [0.4, 0.5) is 0 Å². The van der Waals surface area contributed by atoms with E-state index < -0.39 is 0 Å². The van der Waals surface area contributed by atoms with Gasteiger partial charge in [0, 0.05) is 25.0 Å². The van der Waals surface area contributed by atoms with E-state index in [1.807, 2.05) is 18.2 Å². The van der Waals surface area contributed by atoms with Crippen LogP contribution < -0.4 is 5.32 Å². The van der Waals surface area contributed by atoms with Crippen molar-refractivity contribution in [2.45, 2.75) is 32.2 Å². The maximum absolute atomic E-state index is 12.2. The minimum atomic E-state index is -0.239. The lowest BCUT2D eigenvalue weighted by Gasteiger charge is -2.40. The summed E-state index contributed by atoms with van der Waals surface area (Å²) in [5.41, 5.74) is 2.32. The average molecular weight is 346 g/mol. The summed E-state index contributed by atoms with van der Waals surface area (Å²) in [5.74, 6) is -0.329. The highest BCUT2D eigenvalue weighted by molar-refractivity contribution is 5.79. The van der Waals surface area contributed by atoms with Gasteiger partial charge in [-0.3, -0.25) is 9.59 Å². The van der Waals surface area contributed by atoms with E-state index in [2.05, 4.69) is 11.4 Å². The molecule has 1 fully saturated rings. The number of nitrogens with one attached hydrogen (secondary N) is 1. The predicted molar refractivity (Wildman–Crippen MR) is 92.8 cm³/mol.